The summed E-state index contributed by atoms with van der Waals surface area (Å²) in [6.07, 6.45) is 8.43. The summed E-state index contributed by atoms with van der Waals surface area (Å²) in [6.45, 7) is 4.35. The van der Waals surface area contributed by atoms with Crippen molar-refractivity contribution in [2.75, 3.05) is 26.0 Å². The summed E-state index contributed by atoms with van der Waals surface area (Å²) >= 11 is 2.10. The number of rotatable bonds is 3. The summed E-state index contributed by atoms with van der Waals surface area (Å²) in [5.74, 6) is 3.00. The Balaban J connectivity index is 0.00000156. The van der Waals surface area contributed by atoms with Gasteiger partial charge in [0.25, 0.3) is 0 Å². The first-order valence-corrected chi connectivity index (χ1v) is 9.88. The van der Waals surface area contributed by atoms with E-state index in [9.17, 15) is 0 Å². The van der Waals surface area contributed by atoms with Gasteiger partial charge in [-0.15, -0.1) is 24.0 Å². The summed E-state index contributed by atoms with van der Waals surface area (Å²) in [5, 5.41) is 7.35. The van der Waals surface area contributed by atoms with Gasteiger partial charge in [0.15, 0.2) is 5.96 Å². The molecule has 4 nitrogen and oxygen atoms in total. The third-order valence-corrected chi connectivity index (χ3v) is 8.02. The molecule has 0 aromatic heterocycles. The molecule has 2 saturated carbocycles. The Morgan fingerprint density at radius 3 is 2.74 bits per heavy atom. The Hall–Kier alpha value is 0.310. The fourth-order valence-corrected chi connectivity index (χ4v) is 6.29. The lowest BCUT2D eigenvalue weighted by Gasteiger charge is -2.63. The highest BCUT2D eigenvalue weighted by molar-refractivity contribution is 14.0. The van der Waals surface area contributed by atoms with Crippen LogP contribution < -0.4 is 10.6 Å². The van der Waals surface area contributed by atoms with Crippen molar-refractivity contribution in [1.29, 1.82) is 0 Å². The topological polar surface area (TPSA) is 45.7 Å². The van der Waals surface area contributed by atoms with E-state index in [1.165, 1.54) is 44.3 Å². The highest BCUT2D eigenvalue weighted by Crippen LogP contribution is 2.62. The normalized spacial score (nSPS) is 40.8. The van der Waals surface area contributed by atoms with E-state index in [0.717, 1.165) is 19.1 Å². The van der Waals surface area contributed by atoms with Crippen LogP contribution in [0.3, 0.4) is 0 Å². The van der Waals surface area contributed by atoms with Gasteiger partial charge in [0.2, 0.25) is 0 Å². The molecule has 23 heavy (non-hydrogen) atoms. The minimum atomic E-state index is 0. The minimum absolute atomic E-state index is 0. The van der Waals surface area contributed by atoms with Crippen LogP contribution >= 0.6 is 35.7 Å². The average Bonchev–Trinajstić information content (AvgIpc) is 3.06. The number of hydrogen-bond acceptors (Lipinski definition) is 3. The molecule has 0 aromatic carbocycles. The van der Waals surface area contributed by atoms with Gasteiger partial charge in [-0.2, -0.15) is 11.8 Å². The summed E-state index contributed by atoms with van der Waals surface area (Å²) in [5.41, 5.74) is 0.421. The summed E-state index contributed by atoms with van der Waals surface area (Å²) in [7, 11) is 1.90. The molecule has 2 saturated heterocycles. The molecule has 2 heterocycles. The zero-order valence-electron chi connectivity index (χ0n) is 14.3. The van der Waals surface area contributed by atoms with Crippen LogP contribution in [0.4, 0.5) is 0 Å². The van der Waals surface area contributed by atoms with Crippen molar-refractivity contribution >= 4 is 41.7 Å². The SMILES string of the molecule is CN=C(NCC1(C)CCCS1)NC1C2CCOC2C12CCC2.I. The fraction of sp³-hybridized carbons (Fsp3) is 0.941. The van der Waals surface area contributed by atoms with Crippen molar-refractivity contribution in [2.24, 2.45) is 16.3 Å². The lowest BCUT2D eigenvalue weighted by atomic mass is 9.46. The summed E-state index contributed by atoms with van der Waals surface area (Å²) < 4.78 is 6.39. The molecule has 4 atom stereocenters. The molecule has 0 radical (unpaired) electrons. The van der Waals surface area contributed by atoms with Crippen LogP contribution in [-0.4, -0.2) is 48.8 Å². The molecule has 4 aliphatic rings. The Labute approximate surface area is 161 Å². The van der Waals surface area contributed by atoms with E-state index in [-0.39, 0.29) is 24.0 Å². The van der Waals surface area contributed by atoms with Gasteiger partial charge in [0.1, 0.15) is 0 Å². The van der Waals surface area contributed by atoms with Crippen molar-refractivity contribution in [3.63, 3.8) is 0 Å². The van der Waals surface area contributed by atoms with Gasteiger partial charge in [-0.1, -0.05) is 6.42 Å². The van der Waals surface area contributed by atoms with Crippen molar-refractivity contribution < 1.29 is 4.74 Å². The van der Waals surface area contributed by atoms with Crippen molar-refractivity contribution in [3.05, 3.63) is 0 Å². The number of halogens is 1. The molecule has 4 unspecified atom stereocenters. The second kappa shape index (κ2) is 6.90. The smallest absolute Gasteiger partial charge is 0.191 e. The molecule has 0 aromatic rings. The van der Waals surface area contributed by atoms with Gasteiger partial charge in [-0.3, -0.25) is 4.99 Å². The minimum Gasteiger partial charge on any atom is -0.377 e. The monoisotopic (exact) mass is 451 g/mol. The molecule has 2 aliphatic heterocycles. The third-order valence-electron chi connectivity index (χ3n) is 6.48. The average molecular weight is 451 g/mol. The van der Waals surface area contributed by atoms with E-state index in [4.69, 9.17) is 4.74 Å². The maximum absolute atomic E-state index is 6.01. The van der Waals surface area contributed by atoms with E-state index in [2.05, 4.69) is 34.3 Å². The van der Waals surface area contributed by atoms with Crippen LogP contribution in [0.25, 0.3) is 0 Å². The number of nitrogens with zero attached hydrogens (tertiary/aromatic N) is 1. The third kappa shape index (κ3) is 3.01. The Morgan fingerprint density at radius 1 is 1.30 bits per heavy atom. The lowest BCUT2D eigenvalue weighted by Crippen LogP contribution is -2.72. The van der Waals surface area contributed by atoms with Gasteiger partial charge in [-0.05, 0) is 44.8 Å². The van der Waals surface area contributed by atoms with Crippen molar-refractivity contribution in [3.8, 4) is 0 Å². The molecule has 1 spiro atoms. The van der Waals surface area contributed by atoms with Gasteiger partial charge in [0, 0.05) is 42.3 Å². The molecule has 4 fully saturated rings. The number of thioether (sulfide) groups is 1. The van der Waals surface area contributed by atoms with E-state index in [1.807, 2.05) is 7.05 Å². The molecule has 0 amide bonds. The molecule has 0 bridgehead atoms. The van der Waals surface area contributed by atoms with E-state index in [1.54, 1.807) is 0 Å². The fourth-order valence-electron chi connectivity index (χ4n) is 5.04. The molecule has 2 N–H and O–H groups in total. The van der Waals surface area contributed by atoms with E-state index >= 15 is 0 Å². The number of aliphatic imine (C=N–C) groups is 1. The Kier molecular flexibility index (Phi) is 5.44. The standard InChI is InChI=1S/C17H29N3OS.HI/c1-16(6-4-10-22-16)11-19-15(18-2)20-13-12-5-9-21-14(12)17(13)7-3-8-17;/h12-14H,3-11H2,1-2H3,(H2,18,19,20);1H. The maximum Gasteiger partial charge on any atom is 0.191 e. The molecule has 6 heteroatoms. The first-order valence-electron chi connectivity index (χ1n) is 8.90. The van der Waals surface area contributed by atoms with E-state index < -0.39 is 0 Å². The second-order valence-corrected chi connectivity index (χ2v) is 9.46. The lowest BCUT2D eigenvalue weighted by molar-refractivity contribution is -0.171. The van der Waals surface area contributed by atoms with Crippen LogP contribution in [0.15, 0.2) is 4.99 Å². The van der Waals surface area contributed by atoms with Crippen LogP contribution in [-0.2, 0) is 4.74 Å². The zero-order valence-corrected chi connectivity index (χ0v) is 17.4. The first-order chi connectivity index (χ1) is 10.7. The number of hydrogen-bond donors (Lipinski definition) is 2. The molecule has 2 aliphatic carbocycles. The largest absolute Gasteiger partial charge is 0.377 e. The summed E-state index contributed by atoms with van der Waals surface area (Å²) in [4.78, 5) is 4.48. The first kappa shape index (κ1) is 18.1. The Bertz CT molecular complexity index is 463. The quantitative estimate of drug-likeness (QED) is 0.394. The number of ether oxygens (including phenoxy) is 1. The highest BCUT2D eigenvalue weighted by Gasteiger charge is 2.66. The molecule has 132 valence electrons. The van der Waals surface area contributed by atoms with Crippen LogP contribution in [0.1, 0.15) is 45.4 Å². The van der Waals surface area contributed by atoms with Crippen molar-refractivity contribution in [2.45, 2.75) is 62.3 Å². The molecular formula is C17H30IN3OS. The highest BCUT2D eigenvalue weighted by atomic mass is 127. The van der Waals surface area contributed by atoms with Gasteiger partial charge in [-0.25, -0.2) is 0 Å². The van der Waals surface area contributed by atoms with E-state index in [0.29, 0.717) is 28.2 Å². The van der Waals surface area contributed by atoms with Crippen LogP contribution in [0.5, 0.6) is 0 Å². The number of guanidine groups is 1. The van der Waals surface area contributed by atoms with Crippen LogP contribution in [0, 0.1) is 11.3 Å². The van der Waals surface area contributed by atoms with Gasteiger partial charge >= 0.3 is 0 Å². The predicted molar refractivity (Wildman–Crippen MR) is 108 cm³/mol. The van der Waals surface area contributed by atoms with Crippen molar-refractivity contribution in [1.82, 2.24) is 10.6 Å². The number of nitrogens with one attached hydrogen (secondary N) is 2. The molecular weight excluding hydrogens is 421 g/mol. The van der Waals surface area contributed by atoms with Gasteiger partial charge < -0.3 is 15.4 Å². The summed E-state index contributed by atoms with van der Waals surface area (Å²) in [6, 6.07) is 0.573. The second-order valence-electron chi connectivity index (χ2n) is 7.78. The molecule has 4 rings (SSSR count). The Morgan fingerprint density at radius 2 is 2.13 bits per heavy atom. The number of fused-ring (bicyclic) bond motifs is 2. The van der Waals surface area contributed by atoms with Gasteiger partial charge in [0.05, 0.1) is 6.10 Å². The zero-order chi connectivity index (χ0) is 15.2. The van der Waals surface area contributed by atoms with Crippen LogP contribution in [0.2, 0.25) is 0 Å². The maximum atomic E-state index is 6.01. The predicted octanol–water partition coefficient (Wildman–Crippen LogP) is 3.01.